The predicted molar refractivity (Wildman–Crippen MR) is 56.8 cm³/mol. The zero-order valence-corrected chi connectivity index (χ0v) is 9.86. The second-order valence-electron chi connectivity index (χ2n) is 3.10. The van der Waals surface area contributed by atoms with Crippen LogP contribution >= 0.6 is 0 Å². The Bertz CT molecular complexity index is 229. The Morgan fingerprint density at radius 3 is 2.50 bits per heavy atom. The zero-order valence-electron chi connectivity index (χ0n) is 9.04. The molecule has 0 spiro atoms. The summed E-state index contributed by atoms with van der Waals surface area (Å²) in [5.41, 5.74) is 0. The Kier molecular flexibility index (Phi) is 7.08. The van der Waals surface area contributed by atoms with E-state index in [1.54, 1.807) is 14.2 Å². The molecule has 0 bridgehead atoms. The van der Waals surface area contributed by atoms with Crippen LogP contribution in [0.2, 0.25) is 0 Å². The third-order valence-electron chi connectivity index (χ3n) is 1.83. The molecule has 0 saturated carbocycles. The average Bonchev–Trinajstić information content (AvgIpc) is 2.14. The summed E-state index contributed by atoms with van der Waals surface area (Å²) in [6, 6.07) is -0.123. The molecule has 5 nitrogen and oxygen atoms in total. The van der Waals surface area contributed by atoms with Crippen molar-refractivity contribution in [2.75, 3.05) is 33.1 Å². The van der Waals surface area contributed by atoms with Gasteiger partial charge in [-0.1, -0.05) is 6.92 Å². The van der Waals surface area contributed by atoms with E-state index in [1.807, 2.05) is 6.92 Å². The van der Waals surface area contributed by atoms with E-state index in [1.165, 1.54) is 0 Å². The molecule has 0 fully saturated rings. The molecule has 2 N–H and O–H groups in total. The maximum absolute atomic E-state index is 11.4. The molecule has 0 aliphatic carbocycles. The van der Waals surface area contributed by atoms with Crippen LogP contribution in [0.3, 0.4) is 0 Å². The first-order valence-electron chi connectivity index (χ1n) is 4.69. The fourth-order valence-corrected chi connectivity index (χ4v) is 2.32. The molecular weight excluding hydrogens is 204 g/mol. The summed E-state index contributed by atoms with van der Waals surface area (Å²) in [5, 5.41) is 2.80. The minimum absolute atomic E-state index is 0.101. The Hall–Kier alpha value is -0.170. The van der Waals surface area contributed by atoms with Gasteiger partial charge in [0.1, 0.15) is 0 Å². The summed E-state index contributed by atoms with van der Waals surface area (Å²) >= 11 is 0. The molecule has 0 aromatic heterocycles. The highest BCUT2D eigenvalue weighted by molar-refractivity contribution is 7.89. The number of sulfonamides is 1. The number of nitrogens with one attached hydrogen (secondary N) is 2. The van der Waals surface area contributed by atoms with Crippen molar-refractivity contribution in [1.29, 1.82) is 0 Å². The Labute approximate surface area is 86.3 Å². The van der Waals surface area contributed by atoms with E-state index in [9.17, 15) is 8.42 Å². The fourth-order valence-electron chi connectivity index (χ4n) is 0.986. The quantitative estimate of drug-likeness (QED) is 0.586. The zero-order chi connectivity index (χ0) is 11.0. The Balaban J connectivity index is 4.04. The normalized spacial score (nSPS) is 14.2. The average molecular weight is 224 g/mol. The van der Waals surface area contributed by atoms with E-state index in [-0.39, 0.29) is 11.8 Å². The number of hydrogen-bond donors (Lipinski definition) is 2. The summed E-state index contributed by atoms with van der Waals surface area (Å²) < 4.78 is 30.3. The summed E-state index contributed by atoms with van der Waals surface area (Å²) in [5.74, 6) is 0.101. The van der Waals surface area contributed by atoms with Crippen LogP contribution < -0.4 is 10.0 Å². The second-order valence-corrected chi connectivity index (χ2v) is 4.97. The third kappa shape index (κ3) is 6.31. The van der Waals surface area contributed by atoms with Gasteiger partial charge in [0, 0.05) is 19.7 Å². The molecule has 1 unspecified atom stereocenters. The minimum atomic E-state index is -3.17. The number of ether oxygens (including phenoxy) is 1. The molecular formula is C8H20N2O3S. The highest BCUT2D eigenvalue weighted by atomic mass is 32.2. The van der Waals surface area contributed by atoms with Gasteiger partial charge in [0.2, 0.25) is 10.0 Å². The third-order valence-corrected chi connectivity index (χ3v) is 3.26. The molecule has 0 aromatic rings. The predicted octanol–water partition coefficient (Wildman–Crippen LogP) is -0.450. The van der Waals surface area contributed by atoms with Gasteiger partial charge >= 0.3 is 0 Å². The molecule has 86 valence electrons. The van der Waals surface area contributed by atoms with E-state index >= 15 is 0 Å². The van der Waals surface area contributed by atoms with Gasteiger partial charge in [0.15, 0.2) is 0 Å². The molecule has 14 heavy (non-hydrogen) atoms. The van der Waals surface area contributed by atoms with Gasteiger partial charge in [-0.05, 0) is 13.5 Å². The summed E-state index contributed by atoms with van der Waals surface area (Å²) in [6.07, 6.45) is 0.729. The lowest BCUT2D eigenvalue weighted by Gasteiger charge is -2.15. The van der Waals surface area contributed by atoms with Crippen molar-refractivity contribution in [2.45, 2.75) is 19.4 Å². The van der Waals surface area contributed by atoms with Gasteiger partial charge < -0.3 is 10.1 Å². The smallest absolute Gasteiger partial charge is 0.213 e. The van der Waals surface area contributed by atoms with Crippen LogP contribution in [0.4, 0.5) is 0 Å². The summed E-state index contributed by atoms with van der Waals surface area (Å²) in [7, 11) is 0.115. The second kappa shape index (κ2) is 7.17. The lowest BCUT2D eigenvalue weighted by molar-refractivity contribution is 0.173. The SMILES string of the molecule is CCC(COC)NS(=O)(=O)CCNC. The first-order valence-corrected chi connectivity index (χ1v) is 6.34. The molecule has 0 aliphatic rings. The molecule has 0 radical (unpaired) electrons. The molecule has 1 atom stereocenters. The first kappa shape index (κ1) is 13.8. The van der Waals surface area contributed by atoms with Crippen LogP contribution in [0.15, 0.2) is 0 Å². The molecule has 0 aliphatic heterocycles. The van der Waals surface area contributed by atoms with E-state index < -0.39 is 10.0 Å². The Morgan fingerprint density at radius 2 is 2.07 bits per heavy atom. The van der Waals surface area contributed by atoms with E-state index in [0.29, 0.717) is 13.2 Å². The molecule has 0 aromatic carbocycles. The molecule has 6 heteroatoms. The maximum Gasteiger partial charge on any atom is 0.213 e. The van der Waals surface area contributed by atoms with Crippen molar-refractivity contribution >= 4 is 10.0 Å². The highest BCUT2D eigenvalue weighted by Crippen LogP contribution is 1.95. The number of hydrogen-bond acceptors (Lipinski definition) is 4. The van der Waals surface area contributed by atoms with Gasteiger partial charge in [0.25, 0.3) is 0 Å². The van der Waals surface area contributed by atoms with Gasteiger partial charge in [-0.25, -0.2) is 13.1 Å². The van der Waals surface area contributed by atoms with Crippen LogP contribution in [0.25, 0.3) is 0 Å². The molecule has 0 heterocycles. The van der Waals surface area contributed by atoms with Gasteiger partial charge in [0.05, 0.1) is 12.4 Å². The molecule has 0 saturated heterocycles. The van der Waals surface area contributed by atoms with Crippen molar-refractivity contribution in [1.82, 2.24) is 10.0 Å². The number of rotatable bonds is 8. The highest BCUT2D eigenvalue weighted by Gasteiger charge is 2.15. The van der Waals surface area contributed by atoms with Gasteiger partial charge in [-0.2, -0.15) is 0 Å². The maximum atomic E-state index is 11.4. The van der Waals surface area contributed by atoms with Gasteiger partial charge in [-0.3, -0.25) is 0 Å². The largest absolute Gasteiger partial charge is 0.383 e. The first-order chi connectivity index (χ1) is 6.55. The fraction of sp³-hybridized carbons (Fsp3) is 1.00. The Morgan fingerprint density at radius 1 is 1.43 bits per heavy atom. The van der Waals surface area contributed by atoms with Crippen molar-refractivity contribution in [3.05, 3.63) is 0 Å². The van der Waals surface area contributed by atoms with Crippen molar-refractivity contribution < 1.29 is 13.2 Å². The van der Waals surface area contributed by atoms with Crippen molar-refractivity contribution in [3.63, 3.8) is 0 Å². The van der Waals surface area contributed by atoms with Crippen LogP contribution in [-0.2, 0) is 14.8 Å². The lowest BCUT2D eigenvalue weighted by Crippen LogP contribution is -2.40. The van der Waals surface area contributed by atoms with E-state index in [0.717, 1.165) is 6.42 Å². The standard InChI is InChI=1S/C8H20N2O3S/c1-4-8(7-13-3)10-14(11,12)6-5-9-2/h8-10H,4-7H2,1-3H3. The van der Waals surface area contributed by atoms with E-state index in [4.69, 9.17) is 4.74 Å². The van der Waals surface area contributed by atoms with Crippen molar-refractivity contribution in [2.24, 2.45) is 0 Å². The summed E-state index contributed by atoms with van der Waals surface area (Å²) in [4.78, 5) is 0. The minimum Gasteiger partial charge on any atom is -0.383 e. The van der Waals surface area contributed by atoms with Crippen LogP contribution in [0.5, 0.6) is 0 Å². The molecule has 0 rings (SSSR count). The monoisotopic (exact) mass is 224 g/mol. The van der Waals surface area contributed by atoms with Crippen LogP contribution in [0.1, 0.15) is 13.3 Å². The summed E-state index contributed by atoms with van der Waals surface area (Å²) in [6.45, 7) is 2.79. The van der Waals surface area contributed by atoms with Gasteiger partial charge in [-0.15, -0.1) is 0 Å². The van der Waals surface area contributed by atoms with Crippen LogP contribution in [-0.4, -0.2) is 47.5 Å². The van der Waals surface area contributed by atoms with Crippen LogP contribution in [0, 0.1) is 0 Å². The number of methoxy groups -OCH3 is 1. The lowest BCUT2D eigenvalue weighted by atomic mass is 10.3. The topological polar surface area (TPSA) is 67.4 Å². The molecule has 0 amide bonds. The van der Waals surface area contributed by atoms with Crippen molar-refractivity contribution in [3.8, 4) is 0 Å². The van der Waals surface area contributed by atoms with E-state index in [2.05, 4.69) is 10.0 Å².